The highest BCUT2D eigenvalue weighted by atomic mass is 16.5. The summed E-state index contributed by atoms with van der Waals surface area (Å²) in [7, 11) is 4.92. The monoisotopic (exact) mass is 344 g/mol. The maximum absolute atomic E-state index is 5.34. The standard InChI is InChI=1S/C18H24N4O3/c1-23-15-9-14(10-16(11-15)24-2)20-13-5-4-8-22(12-13)18-19-7-6-17(21-18)25-3/h6-7,9-11,13,20H,4-5,8,12H2,1-3H3. The molecule has 0 spiro atoms. The Bertz CT molecular complexity index is 688. The van der Waals surface area contributed by atoms with Gasteiger partial charge in [0.2, 0.25) is 11.8 Å². The van der Waals surface area contributed by atoms with Crippen molar-refractivity contribution in [1.29, 1.82) is 0 Å². The molecule has 2 heterocycles. The number of rotatable bonds is 6. The van der Waals surface area contributed by atoms with Crippen molar-refractivity contribution < 1.29 is 14.2 Å². The molecule has 2 aromatic rings. The second kappa shape index (κ2) is 7.92. The zero-order valence-electron chi connectivity index (χ0n) is 14.9. The minimum absolute atomic E-state index is 0.292. The van der Waals surface area contributed by atoms with Crippen LogP contribution in [0.3, 0.4) is 0 Å². The highest BCUT2D eigenvalue weighted by Gasteiger charge is 2.22. The molecule has 0 amide bonds. The van der Waals surface area contributed by atoms with Crippen molar-refractivity contribution in [2.24, 2.45) is 0 Å². The molecule has 1 saturated heterocycles. The number of nitrogens with zero attached hydrogens (tertiary/aromatic N) is 3. The lowest BCUT2D eigenvalue weighted by atomic mass is 10.1. The van der Waals surface area contributed by atoms with E-state index in [0.29, 0.717) is 17.9 Å². The first-order chi connectivity index (χ1) is 12.2. The SMILES string of the molecule is COc1cc(NC2CCCN(c3nccc(OC)n3)C2)cc(OC)c1. The van der Waals surface area contributed by atoms with E-state index in [1.807, 2.05) is 18.2 Å². The highest BCUT2D eigenvalue weighted by Crippen LogP contribution is 2.28. The second-order valence-electron chi connectivity index (χ2n) is 5.93. The Labute approximate surface area is 147 Å². The Morgan fingerprint density at radius 2 is 1.84 bits per heavy atom. The smallest absolute Gasteiger partial charge is 0.228 e. The van der Waals surface area contributed by atoms with Crippen molar-refractivity contribution in [2.45, 2.75) is 18.9 Å². The van der Waals surface area contributed by atoms with E-state index in [1.54, 1.807) is 33.6 Å². The van der Waals surface area contributed by atoms with Crippen LogP contribution in [-0.2, 0) is 0 Å². The summed E-state index contributed by atoms with van der Waals surface area (Å²) in [5, 5.41) is 3.57. The molecule has 1 unspecified atom stereocenters. The fraction of sp³-hybridized carbons (Fsp3) is 0.444. The summed E-state index contributed by atoms with van der Waals surface area (Å²) in [6.45, 7) is 1.76. The second-order valence-corrected chi connectivity index (χ2v) is 5.93. The van der Waals surface area contributed by atoms with Crippen LogP contribution in [0.15, 0.2) is 30.5 Å². The van der Waals surface area contributed by atoms with Gasteiger partial charge in [-0.1, -0.05) is 0 Å². The van der Waals surface area contributed by atoms with E-state index in [0.717, 1.165) is 43.1 Å². The number of aromatic nitrogens is 2. The van der Waals surface area contributed by atoms with Crippen LogP contribution >= 0.6 is 0 Å². The van der Waals surface area contributed by atoms with Crippen molar-refractivity contribution >= 4 is 11.6 Å². The summed E-state index contributed by atoms with van der Waals surface area (Å²) in [5.41, 5.74) is 0.981. The van der Waals surface area contributed by atoms with Crippen LogP contribution in [0.25, 0.3) is 0 Å². The Morgan fingerprint density at radius 3 is 2.52 bits per heavy atom. The molecule has 1 aromatic carbocycles. The maximum atomic E-state index is 5.34. The Morgan fingerprint density at radius 1 is 1.08 bits per heavy atom. The van der Waals surface area contributed by atoms with Crippen LogP contribution in [0.2, 0.25) is 0 Å². The number of hydrogen-bond acceptors (Lipinski definition) is 7. The van der Waals surface area contributed by atoms with Gasteiger partial charge in [0.15, 0.2) is 0 Å². The van der Waals surface area contributed by atoms with E-state index < -0.39 is 0 Å². The zero-order valence-corrected chi connectivity index (χ0v) is 14.9. The quantitative estimate of drug-likeness (QED) is 0.864. The van der Waals surface area contributed by atoms with E-state index >= 15 is 0 Å². The molecule has 1 N–H and O–H groups in total. The van der Waals surface area contributed by atoms with Crippen LogP contribution in [-0.4, -0.2) is 50.4 Å². The third-order valence-corrected chi connectivity index (χ3v) is 4.25. The first-order valence-electron chi connectivity index (χ1n) is 8.33. The summed E-state index contributed by atoms with van der Waals surface area (Å²) < 4.78 is 15.9. The van der Waals surface area contributed by atoms with Crippen LogP contribution in [0.5, 0.6) is 17.4 Å². The molecule has 134 valence electrons. The van der Waals surface area contributed by atoms with Crippen LogP contribution in [0, 0.1) is 0 Å². The van der Waals surface area contributed by atoms with Crippen molar-refractivity contribution in [3.8, 4) is 17.4 Å². The summed E-state index contributed by atoms with van der Waals surface area (Å²) in [5.74, 6) is 2.82. The van der Waals surface area contributed by atoms with Crippen molar-refractivity contribution in [1.82, 2.24) is 9.97 Å². The normalized spacial score (nSPS) is 17.1. The zero-order chi connectivity index (χ0) is 17.6. The number of ether oxygens (including phenoxy) is 3. The molecule has 1 aromatic heterocycles. The van der Waals surface area contributed by atoms with Gasteiger partial charge in [0.1, 0.15) is 11.5 Å². The van der Waals surface area contributed by atoms with Gasteiger partial charge in [-0.15, -0.1) is 0 Å². The highest BCUT2D eigenvalue weighted by molar-refractivity contribution is 5.54. The number of benzene rings is 1. The third kappa shape index (κ3) is 4.23. The molecule has 0 radical (unpaired) electrons. The van der Waals surface area contributed by atoms with Gasteiger partial charge in [-0.3, -0.25) is 0 Å². The topological polar surface area (TPSA) is 68.7 Å². The molecule has 7 heteroatoms. The lowest BCUT2D eigenvalue weighted by molar-refractivity contribution is 0.394. The van der Waals surface area contributed by atoms with Gasteiger partial charge < -0.3 is 24.4 Å². The summed E-state index contributed by atoms with van der Waals surface area (Å²) in [6, 6.07) is 7.86. The molecule has 0 bridgehead atoms. The molecule has 25 heavy (non-hydrogen) atoms. The number of piperidine rings is 1. The molecule has 1 aliphatic rings. The molecule has 1 aliphatic heterocycles. The largest absolute Gasteiger partial charge is 0.497 e. The fourth-order valence-corrected chi connectivity index (χ4v) is 3.00. The van der Waals surface area contributed by atoms with E-state index in [9.17, 15) is 0 Å². The number of hydrogen-bond donors (Lipinski definition) is 1. The predicted octanol–water partition coefficient (Wildman–Crippen LogP) is 2.58. The number of anilines is 2. The van der Waals surface area contributed by atoms with E-state index in [-0.39, 0.29) is 0 Å². The van der Waals surface area contributed by atoms with Crippen molar-refractivity contribution in [2.75, 3.05) is 44.6 Å². The average Bonchev–Trinajstić information content (AvgIpc) is 2.67. The number of methoxy groups -OCH3 is 3. The minimum Gasteiger partial charge on any atom is -0.497 e. The van der Waals surface area contributed by atoms with Gasteiger partial charge in [0.25, 0.3) is 0 Å². The lowest BCUT2D eigenvalue weighted by Gasteiger charge is -2.33. The maximum Gasteiger partial charge on any atom is 0.228 e. The molecule has 1 fully saturated rings. The minimum atomic E-state index is 0.292. The van der Waals surface area contributed by atoms with E-state index in [2.05, 4.69) is 20.2 Å². The van der Waals surface area contributed by atoms with Gasteiger partial charge in [-0.05, 0) is 12.8 Å². The van der Waals surface area contributed by atoms with Gasteiger partial charge in [0.05, 0.1) is 21.3 Å². The molecular formula is C18H24N4O3. The van der Waals surface area contributed by atoms with Crippen molar-refractivity contribution in [3.63, 3.8) is 0 Å². The van der Waals surface area contributed by atoms with Gasteiger partial charge >= 0.3 is 0 Å². The summed E-state index contributed by atoms with van der Waals surface area (Å²) in [6.07, 6.45) is 3.88. The molecular weight excluding hydrogens is 320 g/mol. The predicted molar refractivity (Wildman–Crippen MR) is 97.0 cm³/mol. The first kappa shape index (κ1) is 17.1. The van der Waals surface area contributed by atoms with Gasteiger partial charge in [-0.25, -0.2) is 4.98 Å². The van der Waals surface area contributed by atoms with Crippen LogP contribution in [0.4, 0.5) is 11.6 Å². The molecule has 3 rings (SSSR count). The Balaban J connectivity index is 1.71. The number of nitrogens with one attached hydrogen (secondary N) is 1. The summed E-state index contributed by atoms with van der Waals surface area (Å²) in [4.78, 5) is 11.0. The van der Waals surface area contributed by atoms with E-state index in [4.69, 9.17) is 14.2 Å². The third-order valence-electron chi connectivity index (χ3n) is 4.25. The molecule has 1 atom stereocenters. The Hall–Kier alpha value is -2.70. The van der Waals surface area contributed by atoms with Crippen LogP contribution in [0.1, 0.15) is 12.8 Å². The lowest BCUT2D eigenvalue weighted by Crippen LogP contribution is -2.42. The van der Waals surface area contributed by atoms with Crippen LogP contribution < -0.4 is 24.4 Å². The Kier molecular flexibility index (Phi) is 5.42. The average molecular weight is 344 g/mol. The van der Waals surface area contributed by atoms with Gasteiger partial charge in [-0.2, -0.15) is 4.98 Å². The molecule has 0 aliphatic carbocycles. The van der Waals surface area contributed by atoms with Gasteiger partial charge in [0, 0.05) is 55.3 Å². The first-order valence-corrected chi connectivity index (χ1v) is 8.33. The molecule has 0 saturated carbocycles. The fourth-order valence-electron chi connectivity index (χ4n) is 3.00. The summed E-state index contributed by atoms with van der Waals surface area (Å²) >= 11 is 0. The van der Waals surface area contributed by atoms with Crippen molar-refractivity contribution in [3.05, 3.63) is 30.5 Å². The van der Waals surface area contributed by atoms with E-state index in [1.165, 1.54) is 0 Å². The molecule has 7 nitrogen and oxygen atoms in total.